The molecule has 0 aliphatic heterocycles. The van der Waals surface area contributed by atoms with Gasteiger partial charge in [0.1, 0.15) is 12.4 Å². The molecule has 0 radical (unpaired) electrons. The standard InChI is InChI=1S/C32H34N4O3/c37-30(35-32(27-13-14-27)26-9-5-2-6-10-26)21-36(31(38)18-15-28-19-33-23-34-28)20-24-11-16-29(17-12-24)39-22-25-7-3-1-4-8-25/h1-12,16-17,19,23,27,32H,13-15,18,20-22H2,(H,33,34)(H,35,37)/t32-/m1/s1. The zero-order valence-electron chi connectivity index (χ0n) is 22.0. The van der Waals surface area contributed by atoms with Crippen LogP contribution in [-0.4, -0.2) is 33.2 Å². The Morgan fingerprint density at radius 2 is 1.67 bits per heavy atom. The molecule has 1 aliphatic carbocycles. The number of nitrogens with zero attached hydrogens (tertiary/aromatic N) is 2. The molecule has 2 N–H and O–H groups in total. The summed E-state index contributed by atoms with van der Waals surface area (Å²) in [5, 5.41) is 3.21. The summed E-state index contributed by atoms with van der Waals surface area (Å²) < 4.78 is 5.90. The maximum atomic E-state index is 13.3. The van der Waals surface area contributed by atoms with Crippen molar-refractivity contribution in [2.24, 2.45) is 5.92 Å². The lowest BCUT2D eigenvalue weighted by Gasteiger charge is -2.25. The second-order valence-corrected chi connectivity index (χ2v) is 10.0. The van der Waals surface area contributed by atoms with Gasteiger partial charge in [0.2, 0.25) is 11.8 Å². The van der Waals surface area contributed by atoms with Gasteiger partial charge in [0.25, 0.3) is 0 Å². The number of H-pyrrole nitrogens is 1. The smallest absolute Gasteiger partial charge is 0.240 e. The maximum absolute atomic E-state index is 13.3. The number of imidazole rings is 1. The van der Waals surface area contributed by atoms with E-state index in [1.54, 1.807) is 17.4 Å². The van der Waals surface area contributed by atoms with E-state index < -0.39 is 0 Å². The summed E-state index contributed by atoms with van der Waals surface area (Å²) in [5.41, 5.74) is 4.04. The molecule has 5 rings (SSSR count). The van der Waals surface area contributed by atoms with Gasteiger partial charge in [-0.15, -0.1) is 0 Å². The minimum Gasteiger partial charge on any atom is -0.489 e. The highest BCUT2D eigenvalue weighted by Crippen LogP contribution is 2.40. The molecule has 0 unspecified atom stereocenters. The molecule has 0 spiro atoms. The van der Waals surface area contributed by atoms with Crippen LogP contribution in [0.5, 0.6) is 5.75 Å². The van der Waals surface area contributed by atoms with Crippen LogP contribution in [0.25, 0.3) is 0 Å². The molecule has 3 aromatic carbocycles. The zero-order chi connectivity index (χ0) is 26.9. The number of aromatic amines is 1. The lowest BCUT2D eigenvalue weighted by atomic mass is 10.0. The average Bonchev–Trinajstić information content (AvgIpc) is 3.68. The van der Waals surface area contributed by atoms with Crippen molar-refractivity contribution >= 4 is 11.8 Å². The van der Waals surface area contributed by atoms with E-state index in [0.717, 1.165) is 41.0 Å². The van der Waals surface area contributed by atoms with Gasteiger partial charge < -0.3 is 19.9 Å². The van der Waals surface area contributed by atoms with Gasteiger partial charge in [-0.3, -0.25) is 9.59 Å². The highest BCUT2D eigenvalue weighted by Gasteiger charge is 2.33. The number of hydrogen-bond acceptors (Lipinski definition) is 4. The summed E-state index contributed by atoms with van der Waals surface area (Å²) in [5.74, 6) is 0.984. The molecule has 0 saturated heterocycles. The molecular formula is C32H34N4O3. The minimum absolute atomic E-state index is 0.00409. The number of benzene rings is 3. The summed E-state index contributed by atoms with van der Waals surface area (Å²) in [6.07, 6.45) is 6.36. The number of hydrogen-bond donors (Lipinski definition) is 2. The highest BCUT2D eigenvalue weighted by molar-refractivity contribution is 5.85. The Morgan fingerprint density at radius 3 is 2.33 bits per heavy atom. The molecule has 7 nitrogen and oxygen atoms in total. The van der Waals surface area contributed by atoms with Crippen molar-refractivity contribution in [1.29, 1.82) is 0 Å². The van der Waals surface area contributed by atoms with Crippen LogP contribution in [0.3, 0.4) is 0 Å². The van der Waals surface area contributed by atoms with Crippen molar-refractivity contribution in [1.82, 2.24) is 20.2 Å². The summed E-state index contributed by atoms with van der Waals surface area (Å²) >= 11 is 0. The summed E-state index contributed by atoms with van der Waals surface area (Å²) in [6, 6.07) is 27.8. The predicted octanol–water partition coefficient (Wildman–Crippen LogP) is 5.22. The molecule has 1 aliphatic rings. The van der Waals surface area contributed by atoms with Crippen LogP contribution in [0.15, 0.2) is 97.5 Å². The molecule has 1 saturated carbocycles. The fourth-order valence-electron chi connectivity index (χ4n) is 4.66. The van der Waals surface area contributed by atoms with Crippen molar-refractivity contribution < 1.29 is 14.3 Å². The molecule has 2 amide bonds. The molecular weight excluding hydrogens is 488 g/mol. The van der Waals surface area contributed by atoms with Gasteiger partial charge in [0.05, 0.1) is 18.9 Å². The Labute approximate surface area is 229 Å². The third-order valence-corrected chi connectivity index (χ3v) is 6.96. The van der Waals surface area contributed by atoms with Crippen LogP contribution < -0.4 is 10.1 Å². The molecule has 4 aromatic rings. The van der Waals surface area contributed by atoms with E-state index >= 15 is 0 Å². The van der Waals surface area contributed by atoms with E-state index in [1.807, 2.05) is 72.8 Å². The van der Waals surface area contributed by atoms with Crippen molar-refractivity contribution in [2.45, 2.75) is 44.9 Å². The van der Waals surface area contributed by atoms with Crippen LogP contribution in [0.4, 0.5) is 0 Å². The zero-order valence-corrected chi connectivity index (χ0v) is 22.0. The molecule has 1 heterocycles. The van der Waals surface area contributed by atoms with Crippen LogP contribution >= 0.6 is 0 Å². The second kappa shape index (κ2) is 12.9. The quantitative estimate of drug-likeness (QED) is 0.252. The molecule has 7 heteroatoms. The monoisotopic (exact) mass is 522 g/mol. The lowest BCUT2D eigenvalue weighted by Crippen LogP contribution is -2.42. The molecule has 39 heavy (non-hydrogen) atoms. The fraction of sp³-hybridized carbons (Fsp3) is 0.281. The van der Waals surface area contributed by atoms with Crippen LogP contribution in [0, 0.1) is 5.92 Å². The van der Waals surface area contributed by atoms with Gasteiger partial charge in [-0.2, -0.15) is 0 Å². The third kappa shape index (κ3) is 7.80. The van der Waals surface area contributed by atoms with Gasteiger partial charge in [-0.1, -0.05) is 72.8 Å². The number of ether oxygens (including phenoxy) is 1. The number of aryl methyl sites for hydroxylation is 1. The fourth-order valence-corrected chi connectivity index (χ4v) is 4.66. The number of rotatable bonds is 13. The number of carbonyl (C=O) groups is 2. The first-order chi connectivity index (χ1) is 19.1. The first-order valence-corrected chi connectivity index (χ1v) is 13.5. The molecule has 1 fully saturated rings. The van der Waals surface area contributed by atoms with Gasteiger partial charge in [-0.05, 0) is 54.0 Å². The van der Waals surface area contributed by atoms with Crippen molar-refractivity contribution in [3.63, 3.8) is 0 Å². The Bertz CT molecular complexity index is 1320. The summed E-state index contributed by atoms with van der Waals surface area (Å²) in [6.45, 7) is 0.833. The molecule has 200 valence electrons. The van der Waals surface area contributed by atoms with Gasteiger partial charge in [0.15, 0.2) is 0 Å². The van der Waals surface area contributed by atoms with E-state index in [-0.39, 0.29) is 24.4 Å². The van der Waals surface area contributed by atoms with Crippen LogP contribution in [0.2, 0.25) is 0 Å². The number of carbonyl (C=O) groups excluding carboxylic acids is 2. The van der Waals surface area contributed by atoms with Gasteiger partial charge in [-0.25, -0.2) is 4.98 Å². The van der Waals surface area contributed by atoms with E-state index in [4.69, 9.17) is 4.74 Å². The van der Waals surface area contributed by atoms with Gasteiger partial charge in [0, 0.05) is 24.9 Å². The molecule has 0 bridgehead atoms. The van der Waals surface area contributed by atoms with E-state index in [2.05, 4.69) is 27.4 Å². The SMILES string of the molecule is O=C(CN(Cc1ccc(OCc2ccccc2)cc1)C(=O)CCc1cnc[nH]1)N[C@H](c1ccccc1)C1CC1. The Hall–Kier alpha value is -4.39. The van der Waals surface area contributed by atoms with E-state index in [1.165, 1.54) is 0 Å². The van der Waals surface area contributed by atoms with Crippen molar-refractivity contribution in [3.8, 4) is 5.75 Å². The largest absolute Gasteiger partial charge is 0.489 e. The summed E-state index contributed by atoms with van der Waals surface area (Å²) in [7, 11) is 0. The van der Waals surface area contributed by atoms with Crippen LogP contribution in [-0.2, 0) is 29.2 Å². The number of nitrogens with one attached hydrogen (secondary N) is 2. The first kappa shape index (κ1) is 26.2. The number of aromatic nitrogens is 2. The normalized spacial score (nSPS) is 13.4. The predicted molar refractivity (Wildman–Crippen MR) is 150 cm³/mol. The molecule has 1 atom stereocenters. The lowest BCUT2D eigenvalue weighted by molar-refractivity contribution is -0.137. The minimum atomic E-state index is -0.145. The van der Waals surface area contributed by atoms with Gasteiger partial charge >= 0.3 is 0 Å². The summed E-state index contributed by atoms with van der Waals surface area (Å²) in [4.78, 5) is 35.2. The Morgan fingerprint density at radius 1 is 0.949 bits per heavy atom. The average molecular weight is 523 g/mol. The van der Waals surface area contributed by atoms with Crippen molar-refractivity contribution in [2.75, 3.05) is 6.54 Å². The Kier molecular flexibility index (Phi) is 8.68. The second-order valence-electron chi connectivity index (χ2n) is 10.0. The van der Waals surface area contributed by atoms with Crippen LogP contribution in [0.1, 0.15) is 47.7 Å². The first-order valence-electron chi connectivity index (χ1n) is 13.5. The Balaban J connectivity index is 1.23. The third-order valence-electron chi connectivity index (χ3n) is 6.96. The highest BCUT2D eigenvalue weighted by atomic mass is 16.5. The van der Waals surface area contributed by atoms with Crippen molar-refractivity contribution in [3.05, 3.63) is 120 Å². The maximum Gasteiger partial charge on any atom is 0.240 e. The molecule has 1 aromatic heterocycles. The number of amides is 2. The topological polar surface area (TPSA) is 87.3 Å². The van der Waals surface area contributed by atoms with E-state index in [9.17, 15) is 9.59 Å². The van der Waals surface area contributed by atoms with E-state index in [0.29, 0.717) is 31.9 Å².